The van der Waals surface area contributed by atoms with Crippen molar-refractivity contribution in [2.75, 3.05) is 6.61 Å². The zero-order valence-electron chi connectivity index (χ0n) is 8.45. The molecule has 14 heavy (non-hydrogen) atoms. The molecular formula is C10H15NO3. The zero-order valence-corrected chi connectivity index (χ0v) is 8.45. The lowest BCUT2D eigenvalue weighted by molar-refractivity contribution is 0.129. The molecule has 4 heteroatoms. The Morgan fingerprint density at radius 1 is 1.50 bits per heavy atom. The maximum Gasteiger partial charge on any atom is 0.142 e. The van der Waals surface area contributed by atoms with Gasteiger partial charge in [-0.05, 0) is 13.8 Å². The summed E-state index contributed by atoms with van der Waals surface area (Å²) in [6.45, 7) is 4.34. The van der Waals surface area contributed by atoms with Crippen LogP contribution in [-0.4, -0.2) is 21.8 Å². The first-order valence-corrected chi connectivity index (χ1v) is 4.55. The number of aromatic nitrogens is 1. The van der Waals surface area contributed by atoms with Crippen LogP contribution in [0.2, 0.25) is 0 Å². The Bertz CT molecular complexity index is 312. The summed E-state index contributed by atoms with van der Waals surface area (Å²) < 4.78 is 5.20. The van der Waals surface area contributed by atoms with Crippen LogP contribution in [0.15, 0.2) is 6.20 Å². The van der Waals surface area contributed by atoms with E-state index in [1.54, 1.807) is 13.1 Å². The summed E-state index contributed by atoms with van der Waals surface area (Å²) in [5.41, 5.74) is 1.79. The van der Waals surface area contributed by atoms with Gasteiger partial charge in [0.15, 0.2) is 0 Å². The highest BCUT2D eigenvalue weighted by molar-refractivity contribution is 5.39. The highest BCUT2D eigenvalue weighted by Gasteiger charge is 2.10. The van der Waals surface area contributed by atoms with E-state index in [1.165, 1.54) is 0 Å². The third-order valence-corrected chi connectivity index (χ3v) is 2.05. The first-order chi connectivity index (χ1) is 6.70. The van der Waals surface area contributed by atoms with E-state index in [2.05, 4.69) is 4.98 Å². The minimum atomic E-state index is -0.136. The molecule has 0 radical (unpaired) electrons. The van der Waals surface area contributed by atoms with Gasteiger partial charge in [-0.2, -0.15) is 0 Å². The number of nitrogens with zero attached hydrogens (tertiary/aromatic N) is 1. The van der Waals surface area contributed by atoms with Crippen LogP contribution >= 0.6 is 0 Å². The van der Waals surface area contributed by atoms with Crippen molar-refractivity contribution in [2.45, 2.75) is 27.1 Å². The molecular weight excluding hydrogens is 182 g/mol. The largest absolute Gasteiger partial charge is 0.506 e. The lowest BCUT2D eigenvalue weighted by atomic mass is 10.1. The fraction of sp³-hybridized carbons (Fsp3) is 0.500. The Balaban J connectivity index is 3.01. The summed E-state index contributed by atoms with van der Waals surface area (Å²) in [7, 11) is 0. The van der Waals surface area contributed by atoms with Gasteiger partial charge in [0.1, 0.15) is 5.75 Å². The minimum Gasteiger partial charge on any atom is -0.506 e. The molecule has 0 aliphatic rings. The van der Waals surface area contributed by atoms with Crippen LogP contribution in [0.3, 0.4) is 0 Å². The SMILES string of the molecule is CCOCc1c(CO)cnc(C)c1O. The van der Waals surface area contributed by atoms with Gasteiger partial charge in [0, 0.05) is 23.9 Å². The van der Waals surface area contributed by atoms with E-state index in [0.29, 0.717) is 30.0 Å². The predicted octanol–water partition coefficient (Wildman–Crippen LogP) is 1.12. The van der Waals surface area contributed by atoms with Gasteiger partial charge in [0.25, 0.3) is 0 Å². The number of hydrogen-bond donors (Lipinski definition) is 2. The zero-order chi connectivity index (χ0) is 10.6. The van der Waals surface area contributed by atoms with Crippen LogP contribution in [0.5, 0.6) is 5.75 Å². The molecule has 0 aliphatic heterocycles. The number of rotatable bonds is 4. The summed E-state index contributed by atoms with van der Waals surface area (Å²) in [4.78, 5) is 3.95. The van der Waals surface area contributed by atoms with Crippen LogP contribution < -0.4 is 0 Å². The molecule has 78 valence electrons. The Labute approximate surface area is 83.2 Å². The van der Waals surface area contributed by atoms with Crippen molar-refractivity contribution in [3.63, 3.8) is 0 Å². The first-order valence-electron chi connectivity index (χ1n) is 4.55. The van der Waals surface area contributed by atoms with Crippen LogP contribution in [0, 0.1) is 6.92 Å². The smallest absolute Gasteiger partial charge is 0.142 e. The number of pyridine rings is 1. The lowest BCUT2D eigenvalue weighted by Crippen LogP contribution is -2.01. The Morgan fingerprint density at radius 2 is 2.21 bits per heavy atom. The van der Waals surface area contributed by atoms with E-state index in [0.717, 1.165) is 0 Å². The van der Waals surface area contributed by atoms with E-state index >= 15 is 0 Å². The number of hydrogen-bond acceptors (Lipinski definition) is 4. The number of ether oxygens (including phenoxy) is 1. The third-order valence-electron chi connectivity index (χ3n) is 2.05. The van der Waals surface area contributed by atoms with Crippen molar-refractivity contribution in [2.24, 2.45) is 0 Å². The topological polar surface area (TPSA) is 62.6 Å². The summed E-state index contributed by atoms with van der Waals surface area (Å²) in [5, 5.41) is 18.7. The van der Waals surface area contributed by atoms with Crippen LogP contribution in [0.25, 0.3) is 0 Å². The molecule has 0 bridgehead atoms. The van der Waals surface area contributed by atoms with Gasteiger partial charge in [0.05, 0.1) is 18.9 Å². The summed E-state index contributed by atoms with van der Waals surface area (Å²) in [6, 6.07) is 0. The molecule has 0 saturated carbocycles. The van der Waals surface area contributed by atoms with Crippen molar-refractivity contribution in [3.05, 3.63) is 23.0 Å². The monoisotopic (exact) mass is 197 g/mol. The highest BCUT2D eigenvalue weighted by atomic mass is 16.5. The molecule has 0 aromatic carbocycles. The number of aromatic hydroxyl groups is 1. The van der Waals surface area contributed by atoms with Gasteiger partial charge >= 0.3 is 0 Å². The van der Waals surface area contributed by atoms with Crippen molar-refractivity contribution < 1.29 is 14.9 Å². The molecule has 0 atom stereocenters. The summed E-state index contributed by atoms with van der Waals surface area (Å²) in [5.74, 6) is 0.116. The Hall–Kier alpha value is -1.13. The van der Waals surface area contributed by atoms with Crippen LogP contribution in [0.4, 0.5) is 0 Å². The van der Waals surface area contributed by atoms with E-state index in [-0.39, 0.29) is 12.4 Å². The molecule has 0 saturated heterocycles. The van der Waals surface area contributed by atoms with Crippen LogP contribution in [0.1, 0.15) is 23.7 Å². The second kappa shape index (κ2) is 4.93. The maximum atomic E-state index is 9.68. The summed E-state index contributed by atoms with van der Waals surface area (Å²) in [6.07, 6.45) is 1.56. The van der Waals surface area contributed by atoms with Gasteiger partial charge in [-0.3, -0.25) is 4.98 Å². The molecule has 0 aliphatic carbocycles. The maximum absolute atomic E-state index is 9.68. The van der Waals surface area contributed by atoms with Gasteiger partial charge in [-0.1, -0.05) is 0 Å². The van der Waals surface area contributed by atoms with Crippen molar-refractivity contribution >= 4 is 0 Å². The van der Waals surface area contributed by atoms with Gasteiger partial charge in [-0.25, -0.2) is 0 Å². The third kappa shape index (κ3) is 2.21. The molecule has 0 amide bonds. The van der Waals surface area contributed by atoms with Gasteiger partial charge < -0.3 is 14.9 Å². The quantitative estimate of drug-likeness (QED) is 0.759. The van der Waals surface area contributed by atoms with E-state index in [1.807, 2.05) is 6.92 Å². The summed E-state index contributed by atoms with van der Waals surface area (Å²) >= 11 is 0. The lowest BCUT2D eigenvalue weighted by Gasteiger charge is -2.10. The normalized spacial score (nSPS) is 10.5. The standard InChI is InChI=1S/C10H15NO3/c1-3-14-6-9-8(5-12)4-11-7(2)10(9)13/h4,12-13H,3,5-6H2,1-2H3. The van der Waals surface area contributed by atoms with Gasteiger partial charge in [0.2, 0.25) is 0 Å². The molecule has 1 aromatic rings. The fourth-order valence-electron chi connectivity index (χ4n) is 1.19. The predicted molar refractivity (Wildman–Crippen MR) is 51.9 cm³/mol. The van der Waals surface area contributed by atoms with Crippen molar-refractivity contribution in [1.29, 1.82) is 0 Å². The number of aryl methyl sites for hydroxylation is 1. The Morgan fingerprint density at radius 3 is 2.79 bits per heavy atom. The van der Waals surface area contributed by atoms with Crippen LogP contribution in [-0.2, 0) is 18.0 Å². The van der Waals surface area contributed by atoms with E-state index in [9.17, 15) is 5.11 Å². The van der Waals surface area contributed by atoms with E-state index < -0.39 is 0 Å². The van der Waals surface area contributed by atoms with Gasteiger partial charge in [-0.15, -0.1) is 0 Å². The first kappa shape index (κ1) is 10.9. The number of aliphatic hydroxyl groups is 1. The molecule has 0 spiro atoms. The van der Waals surface area contributed by atoms with E-state index in [4.69, 9.17) is 9.84 Å². The minimum absolute atomic E-state index is 0.116. The second-order valence-electron chi connectivity index (χ2n) is 2.99. The number of aliphatic hydroxyl groups excluding tert-OH is 1. The molecule has 1 aromatic heterocycles. The highest BCUT2D eigenvalue weighted by Crippen LogP contribution is 2.24. The van der Waals surface area contributed by atoms with Crippen molar-refractivity contribution in [1.82, 2.24) is 4.98 Å². The molecule has 0 unspecified atom stereocenters. The molecule has 1 heterocycles. The molecule has 2 N–H and O–H groups in total. The molecule has 4 nitrogen and oxygen atoms in total. The molecule has 0 fully saturated rings. The average molecular weight is 197 g/mol. The van der Waals surface area contributed by atoms with Crippen molar-refractivity contribution in [3.8, 4) is 5.75 Å². The fourth-order valence-corrected chi connectivity index (χ4v) is 1.19. The molecule has 1 rings (SSSR count). The second-order valence-corrected chi connectivity index (χ2v) is 2.99. The average Bonchev–Trinajstić information content (AvgIpc) is 2.20. The Kier molecular flexibility index (Phi) is 3.85.